The van der Waals surface area contributed by atoms with Crippen LogP contribution in [0.5, 0.6) is 0 Å². The Morgan fingerprint density at radius 2 is 2.18 bits per heavy atom. The number of rotatable bonds is 4. The molecule has 17 heavy (non-hydrogen) atoms. The molecule has 0 fully saturated rings. The third-order valence-corrected chi connectivity index (χ3v) is 2.99. The standard InChI is InChI=1S/C12H15BrFNO2/c1-7(2)11(6-16)15-12(17)9-4-3-8(13)5-10(9)14/h3-5,7,11,16H,6H2,1-2H3,(H,15,17). The molecule has 1 amide bonds. The third-order valence-electron chi connectivity index (χ3n) is 2.49. The van der Waals surface area contributed by atoms with Gasteiger partial charge in [0.05, 0.1) is 18.2 Å². The average molecular weight is 304 g/mol. The molecule has 0 aromatic heterocycles. The van der Waals surface area contributed by atoms with Crippen LogP contribution in [0.3, 0.4) is 0 Å². The molecular weight excluding hydrogens is 289 g/mol. The summed E-state index contributed by atoms with van der Waals surface area (Å²) in [7, 11) is 0. The maximum atomic E-state index is 13.5. The molecule has 1 unspecified atom stereocenters. The lowest BCUT2D eigenvalue weighted by Crippen LogP contribution is -2.41. The molecule has 3 nitrogen and oxygen atoms in total. The van der Waals surface area contributed by atoms with Crippen molar-refractivity contribution in [2.45, 2.75) is 19.9 Å². The first-order chi connectivity index (χ1) is 7.95. The van der Waals surface area contributed by atoms with Crippen LogP contribution in [0.25, 0.3) is 0 Å². The summed E-state index contributed by atoms with van der Waals surface area (Å²) in [4.78, 5) is 11.8. The predicted molar refractivity (Wildman–Crippen MR) is 67.3 cm³/mol. The van der Waals surface area contributed by atoms with E-state index < -0.39 is 11.7 Å². The minimum atomic E-state index is -0.586. The zero-order valence-corrected chi connectivity index (χ0v) is 11.3. The zero-order valence-electron chi connectivity index (χ0n) is 9.71. The number of halogens is 2. The van der Waals surface area contributed by atoms with E-state index in [1.54, 1.807) is 6.07 Å². The molecule has 0 spiro atoms. The van der Waals surface area contributed by atoms with Crippen molar-refractivity contribution in [3.8, 4) is 0 Å². The van der Waals surface area contributed by atoms with Crippen LogP contribution in [0.2, 0.25) is 0 Å². The van der Waals surface area contributed by atoms with Gasteiger partial charge in [-0.05, 0) is 24.1 Å². The van der Waals surface area contributed by atoms with Gasteiger partial charge in [0.15, 0.2) is 0 Å². The fraction of sp³-hybridized carbons (Fsp3) is 0.417. The molecular formula is C12H15BrFNO2. The smallest absolute Gasteiger partial charge is 0.254 e. The number of aliphatic hydroxyl groups excluding tert-OH is 1. The topological polar surface area (TPSA) is 49.3 Å². The molecule has 94 valence electrons. The van der Waals surface area contributed by atoms with Gasteiger partial charge in [0, 0.05) is 4.47 Å². The minimum Gasteiger partial charge on any atom is -0.394 e. The molecule has 1 atom stereocenters. The third kappa shape index (κ3) is 3.78. The Labute approximate surface area is 108 Å². The SMILES string of the molecule is CC(C)C(CO)NC(=O)c1ccc(Br)cc1F. The molecule has 0 aliphatic carbocycles. The second-order valence-corrected chi connectivity index (χ2v) is 5.05. The highest BCUT2D eigenvalue weighted by molar-refractivity contribution is 9.10. The van der Waals surface area contributed by atoms with Gasteiger partial charge in [0.25, 0.3) is 5.91 Å². The van der Waals surface area contributed by atoms with Crippen LogP contribution < -0.4 is 5.32 Å². The highest BCUT2D eigenvalue weighted by atomic mass is 79.9. The molecule has 1 rings (SSSR count). The van der Waals surface area contributed by atoms with E-state index in [4.69, 9.17) is 5.11 Å². The van der Waals surface area contributed by atoms with Crippen molar-refractivity contribution >= 4 is 21.8 Å². The van der Waals surface area contributed by atoms with Gasteiger partial charge in [0.1, 0.15) is 5.82 Å². The summed E-state index contributed by atoms with van der Waals surface area (Å²) in [6.45, 7) is 3.58. The fourth-order valence-electron chi connectivity index (χ4n) is 1.34. The summed E-state index contributed by atoms with van der Waals surface area (Å²) in [5.41, 5.74) is -0.0210. The van der Waals surface area contributed by atoms with Gasteiger partial charge >= 0.3 is 0 Å². The van der Waals surface area contributed by atoms with E-state index in [0.717, 1.165) is 0 Å². The molecule has 2 N–H and O–H groups in total. The second kappa shape index (κ2) is 6.12. The molecule has 0 aliphatic heterocycles. The van der Waals surface area contributed by atoms with Gasteiger partial charge in [-0.15, -0.1) is 0 Å². The first kappa shape index (κ1) is 14.1. The fourth-order valence-corrected chi connectivity index (χ4v) is 1.68. The van der Waals surface area contributed by atoms with E-state index >= 15 is 0 Å². The normalized spacial score (nSPS) is 12.6. The number of hydrogen-bond acceptors (Lipinski definition) is 2. The molecule has 0 saturated carbocycles. The van der Waals surface area contributed by atoms with E-state index in [-0.39, 0.29) is 24.1 Å². The van der Waals surface area contributed by atoms with Crippen LogP contribution in [-0.2, 0) is 0 Å². The molecule has 0 heterocycles. The van der Waals surface area contributed by atoms with E-state index in [1.165, 1.54) is 12.1 Å². The number of nitrogens with one attached hydrogen (secondary N) is 1. The Balaban J connectivity index is 2.82. The Morgan fingerprint density at radius 3 is 2.65 bits per heavy atom. The summed E-state index contributed by atoms with van der Waals surface area (Å²) in [5.74, 6) is -1.01. The lowest BCUT2D eigenvalue weighted by molar-refractivity contribution is 0.0892. The van der Waals surface area contributed by atoms with E-state index in [1.807, 2.05) is 13.8 Å². The van der Waals surface area contributed by atoms with Crippen molar-refractivity contribution in [3.05, 3.63) is 34.1 Å². The minimum absolute atomic E-state index is 0.0210. The molecule has 0 saturated heterocycles. The predicted octanol–water partition coefficient (Wildman–Crippen LogP) is 2.33. The van der Waals surface area contributed by atoms with Crippen molar-refractivity contribution in [2.75, 3.05) is 6.61 Å². The number of aliphatic hydroxyl groups is 1. The van der Waals surface area contributed by atoms with Gasteiger partial charge in [0.2, 0.25) is 0 Å². The van der Waals surface area contributed by atoms with Crippen molar-refractivity contribution in [1.29, 1.82) is 0 Å². The Bertz CT molecular complexity index is 409. The first-order valence-electron chi connectivity index (χ1n) is 5.32. The first-order valence-corrected chi connectivity index (χ1v) is 6.11. The van der Waals surface area contributed by atoms with Crippen LogP contribution in [0, 0.1) is 11.7 Å². The lowest BCUT2D eigenvalue weighted by atomic mass is 10.0. The number of carbonyl (C=O) groups excluding carboxylic acids is 1. The van der Waals surface area contributed by atoms with Gasteiger partial charge in [-0.1, -0.05) is 29.8 Å². The summed E-state index contributed by atoms with van der Waals surface area (Å²) >= 11 is 3.12. The van der Waals surface area contributed by atoms with E-state index in [9.17, 15) is 9.18 Å². The number of amides is 1. The highest BCUT2D eigenvalue weighted by Crippen LogP contribution is 2.15. The molecule has 0 radical (unpaired) electrons. The number of benzene rings is 1. The van der Waals surface area contributed by atoms with Crippen LogP contribution in [0.1, 0.15) is 24.2 Å². The monoisotopic (exact) mass is 303 g/mol. The van der Waals surface area contributed by atoms with Crippen LogP contribution in [-0.4, -0.2) is 23.7 Å². The van der Waals surface area contributed by atoms with Crippen LogP contribution >= 0.6 is 15.9 Å². The molecule has 1 aromatic rings. The number of carbonyl (C=O) groups is 1. The largest absolute Gasteiger partial charge is 0.394 e. The Morgan fingerprint density at radius 1 is 1.53 bits per heavy atom. The lowest BCUT2D eigenvalue weighted by Gasteiger charge is -2.20. The van der Waals surface area contributed by atoms with Crippen molar-refractivity contribution < 1.29 is 14.3 Å². The highest BCUT2D eigenvalue weighted by Gasteiger charge is 2.18. The summed E-state index contributed by atoms with van der Waals surface area (Å²) in [6, 6.07) is 3.87. The Kier molecular flexibility index (Phi) is 5.08. The second-order valence-electron chi connectivity index (χ2n) is 4.13. The summed E-state index contributed by atoms with van der Waals surface area (Å²) in [5, 5.41) is 11.7. The maximum Gasteiger partial charge on any atom is 0.254 e. The quantitative estimate of drug-likeness (QED) is 0.897. The van der Waals surface area contributed by atoms with Crippen LogP contribution in [0.4, 0.5) is 4.39 Å². The van der Waals surface area contributed by atoms with Crippen LogP contribution in [0.15, 0.2) is 22.7 Å². The maximum absolute atomic E-state index is 13.5. The van der Waals surface area contributed by atoms with Gasteiger partial charge < -0.3 is 10.4 Å². The Hall–Kier alpha value is -0.940. The van der Waals surface area contributed by atoms with Gasteiger partial charge in [-0.3, -0.25) is 4.79 Å². The van der Waals surface area contributed by atoms with Crippen molar-refractivity contribution in [3.63, 3.8) is 0 Å². The van der Waals surface area contributed by atoms with Gasteiger partial charge in [-0.25, -0.2) is 4.39 Å². The molecule has 5 heteroatoms. The summed E-state index contributed by atoms with van der Waals surface area (Å²) in [6.07, 6.45) is 0. The van der Waals surface area contributed by atoms with Crippen molar-refractivity contribution in [1.82, 2.24) is 5.32 Å². The van der Waals surface area contributed by atoms with Gasteiger partial charge in [-0.2, -0.15) is 0 Å². The van der Waals surface area contributed by atoms with Crippen molar-refractivity contribution in [2.24, 2.45) is 5.92 Å². The molecule has 1 aromatic carbocycles. The molecule has 0 aliphatic rings. The molecule has 0 bridgehead atoms. The average Bonchev–Trinajstić information content (AvgIpc) is 2.24. The summed E-state index contributed by atoms with van der Waals surface area (Å²) < 4.78 is 14.1. The van der Waals surface area contributed by atoms with E-state index in [2.05, 4.69) is 21.2 Å². The van der Waals surface area contributed by atoms with E-state index in [0.29, 0.717) is 4.47 Å². The zero-order chi connectivity index (χ0) is 13.0. The number of hydrogen-bond donors (Lipinski definition) is 2.